The minimum absolute atomic E-state index is 0.0742. The Hall–Kier alpha value is -1.65. The van der Waals surface area contributed by atoms with Crippen LogP contribution in [0.3, 0.4) is 0 Å². The van der Waals surface area contributed by atoms with Crippen LogP contribution >= 0.6 is 0 Å². The highest BCUT2D eigenvalue weighted by atomic mass is 16.1. The molecule has 0 saturated carbocycles. The van der Waals surface area contributed by atoms with Crippen LogP contribution in [-0.2, 0) is 13.0 Å². The van der Waals surface area contributed by atoms with E-state index in [1.54, 1.807) is 15.2 Å². The number of fused-ring (bicyclic) bond motifs is 1. The van der Waals surface area contributed by atoms with Gasteiger partial charge in [-0.05, 0) is 13.3 Å². The third-order valence-electron chi connectivity index (χ3n) is 2.43. The number of nitrogens with zero attached hydrogens (tertiary/aromatic N) is 4. The molecule has 5 heteroatoms. The van der Waals surface area contributed by atoms with Gasteiger partial charge in [-0.15, -0.1) is 10.2 Å². The van der Waals surface area contributed by atoms with Crippen molar-refractivity contribution in [2.24, 2.45) is 0 Å². The zero-order chi connectivity index (χ0) is 10.8. The molecule has 5 nitrogen and oxygen atoms in total. The predicted molar refractivity (Wildman–Crippen MR) is 56.9 cm³/mol. The van der Waals surface area contributed by atoms with E-state index in [9.17, 15) is 4.79 Å². The van der Waals surface area contributed by atoms with E-state index < -0.39 is 0 Å². The van der Waals surface area contributed by atoms with E-state index in [-0.39, 0.29) is 5.56 Å². The standard InChI is InChI=1S/C10H14N4O/c1-3-5-8-11-12-9-10(15)13(4-2)6-7-14(8)9/h6-7H,3-5H2,1-2H3. The van der Waals surface area contributed by atoms with Crippen molar-refractivity contribution in [2.45, 2.75) is 33.2 Å². The van der Waals surface area contributed by atoms with Crippen LogP contribution in [0.5, 0.6) is 0 Å². The Morgan fingerprint density at radius 1 is 1.27 bits per heavy atom. The molecule has 0 aliphatic heterocycles. The van der Waals surface area contributed by atoms with Crippen LogP contribution in [0.2, 0.25) is 0 Å². The van der Waals surface area contributed by atoms with Gasteiger partial charge >= 0.3 is 0 Å². The van der Waals surface area contributed by atoms with Crippen molar-refractivity contribution in [1.29, 1.82) is 0 Å². The number of aryl methyl sites for hydroxylation is 2. The molecule has 80 valence electrons. The molecule has 0 N–H and O–H groups in total. The van der Waals surface area contributed by atoms with Gasteiger partial charge in [0.25, 0.3) is 5.56 Å². The summed E-state index contributed by atoms with van der Waals surface area (Å²) in [6.07, 6.45) is 5.47. The molecule has 0 fully saturated rings. The molecule has 0 aliphatic rings. The summed E-state index contributed by atoms with van der Waals surface area (Å²) in [6, 6.07) is 0. The number of hydrogen-bond acceptors (Lipinski definition) is 3. The Kier molecular flexibility index (Phi) is 2.53. The average molecular weight is 206 g/mol. The quantitative estimate of drug-likeness (QED) is 0.748. The van der Waals surface area contributed by atoms with E-state index in [2.05, 4.69) is 17.1 Å². The number of hydrogen-bond donors (Lipinski definition) is 0. The molecule has 0 saturated heterocycles. The molecule has 0 bridgehead atoms. The smallest absolute Gasteiger partial charge is 0.296 e. The second-order valence-electron chi connectivity index (χ2n) is 3.45. The van der Waals surface area contributed by atoms with Crippen LogP contribution in [0.4, 0.5) is 0 Å². The SMILES string of the molecule is CCCc1nnc2c(=O)n(CC)ccn12. The topological polar surface area (TPSA) is 52.2 Å². The molecule has 0 aliphatic carbocycles. The van der Waals surface area contributed by atoms with Crippen LogP contribution < -0.4 is 5.56 Å². The summed E-state index contributed by atoms with van der Waals surface area (Å²) in [7, 11) is 0. The normalized spacial score (nSPS) is 11.1. The van der Waals surface area contributed by atoms with Gasteiger partial charge in [0.05, 0.1) is 0 Å². The van der Waals surface area contributed by atoms with E-state index >= 15 is 0 Å². The van der Waals surface area contributed by atoms with Crippen LogP contribution in [-0.4, -0.2) is 19.2 Å². The molecule has 0 unspecified atom stereocenters. The van der Waals surface area contributed by atoms with Crippen molar-refractivity contribution in [3.63, 3.8) is 0 Å². The Labute approximate surface area is 87.4 Å². The molecule has 2 heterocycles. The van der Waals surface area contributed by atoms with Gasteiger partial charge < -0.3 is 4.57 Å². The lowest BCUT2D eigenvalue weighted by atomic mass is 10.3. The first-order valence-corrected chi connectivity index (χ1v) is 5.21. The molecule has 2 rings (SSSR count). The van der Waals surface area contributed by atoms with Crippen molar-refractivity contribution in [2.75, 3.05) is 0 Å². The van der Waals surface area contributed by atoms with E-state index in [0.717, 1.165) is 18.7 Å². The van der Waals surface area contributed by atoms with Gasteiger partial charge in [0.1, 0.15) is 5.82 Å². The van der Waals surface area contributed by atoms with Gasteiger partial charge in [-0.25, -0.2) is 0 Å². The fourth-order valence-electron chi connectivity index (χ4n) is 1.61. The first kappa shape index (κ1) is 9.89. The molecule has 0 aromatic carbocycles. The van der Waals surface area contributed by atoms with Gasteiger partial charge in [0.2, 0.25) is 5.65 Å². The maximum Gasteiger partial charge on any atom is 0.296 e. The number of rotatable bonds is 3. The molecule has 0 spiro atoms. The minimum Gasteiger partial charge on any atom is -0.311 e. The summed E-state index contributed by atoms with van der Waals surface area (Å²) in [5.41, 5.74) is 0.345. The second kappa shape index (κ2) is 3.84. The third-order valence-corrected chi connectivity index (χ3v) is 2.43. The van der Waals surface area contributed by atoms with Crippen molar-refractivity contribution in [3.05, 3.63) is 28.6 Å². The summed E-state index contributed by atoms with van der Waals surface area (Å²) in [5, 5.41) is 7.95. The lowest BCUT2D eigenvalue weighted by molar-refractivity contribution is 0.716. The Balaban J connectivity index is 2.65. The average Bonchev–Trinajstić information content (AvgIpc) is 2.64. The van der Waals surface area contributed by atoms with Crippen molar-refractivity contribution in [3.8, 4) is 0 Å². The maximum atomic E-state index is 11.8. The van der Waals surface area contributed by atoms with Crippen molar-refractivity contribution < 1.29 is 0 Å². The number of aromatic nitrogens is 4. The fourth-order valence-corrected chi connectivity index (χ4v) is 1.61. The van der Waals surface area contributed by atoms with Crippen LogP contribution in [0.15, 0.2) is 17.2 Å². The predicted octanol–water partition coefficient (Wildman–Crippen LogP) is 0.863. The Morgan fingerprint density at radius 3 is 2.73 bits per heavy atom. The van der Waals surface area contributed by atoms with Gasteiger partial charge in [0.15, 0.2) is 0 Å². The van der Waals surface area contributed by atoms with E-state index in [1.165, 1.54) is 0 Å². The van der Waals surface area contributed by atoms with Gasteiger partial charge in [-0.3, -0.25) is 9.20 Å². The molecular weight excluding hydrogens is 192 g/mol. The summed E-state index contributed by atoms with van der Waals surface area (Å²) in [4.78, 5) is 11.8. The largest absolute Gasteiger partial charge is 0.311 e. The highest BCUT2D eigenvalue weighted by molar-refractivity contribution is 5.34. The van der Waals surface area contributed by atoms with Crippen molar-refractivity contribution in [1.82, 2.24) is 19.2 Å². The first-order valence-electron chi connectivity index (χ1n) is 5.21. The van der Waals surface area contributed by atoms with Crippen LogP contribution in [0, 0.1) is 0 Å². The van der Waals surface area contributed by atoms with Gasteiger partial charge in [-0.1, -0.05) is 6.92 Å². The molecule has 2 aromatic rings. The van der Waals surface area contributed by atoms with Crippen molar-refractivity contribution >= 4 is 5.65 Å². The fraction of sp³-hybridized carbons (Fsp3) is 0.500. The van der Waals surface area contributed by atoms with Crippen LogP contribution in [0.25, 0.3) is 5.65 Å². The molecule has 2 aromatic heterocycles. The van der Waals surface area contributed by atoms with Gasteiger partial charge in [0, 0.05) is 25.4 Å². The lowest BCUT2D eigenvalue weighted by Crippen LogP contribution is -2.20. The monoisotopic (exact) mass is 206 g/mol. The molecule has 15 heavy (non-hydrogen) atoms. The zero-order valence-electron chi connectivity index (χ0n) is 8.97. The van der Waals surface area contributed by atoms with Gasteiger partial charge in [-0.2, -0.15) is 0 Å². The third kappa shape index (κ3) is 1.54. The maximum absolute atomic E-state index is 11.8. The molecule has 0 radical (unpaired) electrons. The highest BCUT2D eigenvalue weighted by Crippen LogP contribution is 2.01. The Bertz CT molecular complexity index is 526. The zero-order valence-corrected chi connectivity index (χ0v) is 8.97. The molecule has 0 atom stereocenters. The van der Waals surface area contributed by atoms with E-state index in [0.29, 0.717) is 12.2 Å². The summed E-state index contributed by atoms with van der Waals surface area (Å²) < 4.78 is 3.40. The highest BCUT2D eigenvalue weighted by Gasteiger charge is 2.08. The molecular formula is C10H14N4O. The summed E-state index contributed by atoms with van der Waals surface area (Å²) in [6.45, 7) is 4.67. The summed E-state index contributed by atoms with van der Waals surface area (Å²) in [5.74, 6) is 0.854. The lowest BCUT2D eigenvalue weighted by Gasteiger charge is -2.01. The van der Waals surface area contributed by atoms with E-state index in [1.807, 2.05) is 13.1 Å². The first-order chi connectivity index (χ1) is 7.27. The Morgan fingerprint density at radius 2 is 2.07 bits per heavy atom. The van der Waals surface area contributed by atoms with Crippen LogP contribution in [0.1, 0.15) is 26.1 Å². The molecule has 0 amide bonds. The second-order valence-corrected chi connectivity index (χ2v) is 3.45. The minimum atomic E-state index is -0.0742. The van der Waals surface area contributed by atoms with E-state index in [4.69, 9.17) is 0 Å². The summed E-state index contributed by atoms with van der Waals surface area (Å²) >= 11 is 0.